The lowest BCUT2D eigenvalue weighted by atomic mass is 10.1. The fourth-order valence-electron chi connectivity index (χ4n) is 1.70. The molecule has 0 unspecified atom stereocenters. The van der Waals surface area contributed by atoms with Crippen LogP contribution >= 0.6 is 0 Å². The van der Waals surface area contributed by atoms with Crippen LogP contribution in [-0.4, -0.2) is 22.4 Å². The van der Waals surface area contributed by atoms with Crippen LogP contribution in [0.5, 0.6) is 5.75 Å². The number of aromatic carboxylic acids is 1. The lowest BCUT2D eigenvalue weighted by Gasteiger charge is -2.14. The fourth-order valence-corrected chi connectivity index (χ4v) is 1.70. The van der Waals surface area contributed by atoms with Crippen molar-refractivity contribution in [2.45, 2.75) is 6.36 Å². The Bertz CT molecular complexity index is 687. The van der Waals surface area contributed by atoms with Crippen molar-refractivity contribution < 1.29 is 27.8 Å². The van der Waals surface area contributed by atoms with Crippen molar-refractivity contribution in [1.82, 2.24) is 4.98 Å². The number of rotatable bonds is 3. The number of carboxylic acids is 1. The number of ether oxygens (including phenoxy) is 1. The molecule has 0 saturated heterocycles. The molecule has 2 rings (SSSR count). The summed E-state index contributed by atoms with van der Waals surface area (Å²) < 4.78 is 41.0. The number of halogens is 3. The quantitative estimate of drug-likeness (QED) is 0.910. The number of hydrogen-bond donors (Lipinski definition) is 2. The van der Waals surface area contributed by atoms with Crippen molar-refractivity contribution in [2.75, 3.05) is 5.73 Å². The highest BCUT2D eigenvalue weighted by atomic mass is 19.4. The van der Waals surface area contributed by atoms with E-state index in [1.54, 1.807) is 0 Å². The van der Waals surface area contributed by atoms with Crippen LogP contribution in [0, 0.1) is 0 Å². The third-order valence-corrected chi connectivity index (χ3v) is 2.53. The topological polar surface area (TPSA) is 85.4 Å². The summed E-state index contributed by atoms with van der Waals surface area (Å²) in [6, 6.07) is 6.45. The van der Waals surface area contributed by atoms with Gasteiger partial charge in [-0.3, -0.25) is 4.98 Å². The normalized spacial score (nSPS) is 11.2. The summed E-state index contributed by atoms with van der Waals surface area (Å²) in [5.41, 5.74) is 5.47. The molecule has 1 heterocycles. The smallest absolute Gasteiger partial charge is 0.478 e. The van der Waals surface area contributed by atoms with Gasteiger partial charge in [0.2, 0.25) is 0 Å². The van der Waals surface area contributed by atoms with Gasteiger partial charge >= 0.3 is 12.3 Å². The second kappa shape index (κ2) is 5.31. The standard InChI is InChI=1S/C13H9F3N2O3/c14-13(15,16)21-10-4-2-1-3-8(10)11-9(17)5-7(6-18-11)12(19)20/h1-6H,17H2,(H,19,20). The van der Waals surface area contributed by atoms with E-state index in [2.05, 4.69) is 9.72 Å². The number of nitrogens with zero attached hydrogens (tertiary/aromatic N) is 1. The summed E-state index contributed by atoms with van der Waals surface area (Å²) in [5.74, 6) is -1.70. The van der Waals surface area contributed by atoms with E-state index in [4.69, 9.17) is 10.8 Å². The van der Waals surface area contributed by atoms with Gasteiger partial charge in [0.05, 0.1) is 16.9 Å². The number of para-hydroxylation sites is 1. The van der Waals surface area contributed by atoms with E-state index in [1.165, 1.54) is 18.2 Å². The lowest BCUT2D eigenvalue weighted by molar-refractivity contribution is -0.274. The molecule has 8 heteroatoms. The molecule has 0 atom stereocenters. The van der Waals surface area contributed by atoms with Gasteiger partial charge in [0.15, 0.2) is 0 Å². The Kier molecular flexibility index (Phi) is 3.70. The maximum Gasteiger partial charge on any atom is 0.573 e. The van der Waals surface area contributed by atoms with Gasteiger partial charge in [0.25, 0.3) is 0 Å². The Morgan fingerprint density at radius 2 is 1.95 bits per heavy atom. The monoisotopic (exact) mass is 298 g/mol. The summed E-state index contributed by atoms with van der Waals surface area (Å²) in [7, 11) is 0. The zero-order chi connectivity index (χ0) is 15.6. The largest absolute Gasteiger partial charge is 0.573 e. The van der Waals surface area contributed by atoms with Crippen molar-refractivity contribution >= 4 is 11.7 Å². The van der Waals surface area contributed by atoms with Crippen molar-refractivity contribution in [2.24, 2.45) is 0 Å². The van der Waals surface area contributed by atoms with Crippen LogP contribution in [0.2, 0.25) is 0 Å². The molecule has 2 aromatic rings. The van der Waals surface area contributed by atoms with E-state index in [9.17, 15) is 18.0 Å². The van der Waals surface area contributed by atoms with Gasteiger partial charge in [-0.05, 0) is 18.2 Å². The van der Waals surface area contributed by atoms with E-state index >= 15 is 0 Å². The lowest BCUT2D eigenvalue weighted by Crippen LogP contribution is -2.17. The summed E-state index contributed by atoms with van der Waals surface area (Å²) >= 11 is 0. The number of nitrogens with two attached hydrogens (primary N) is 1. The molecule has 21 heavy (non-hydrogen) atoms. The number of carbonyl (C=O) groups is 1. The number of carboxylic acid groups (broad SMARTS) is 1. The maximum absolute atomic E-state index is 12.4. The first kappa shape index (κ1) is 14.6. The number of anilines is 1. The molecule has 1 aromatic heterocycles. The third kappa shape index (κ3) is 3.41. The molecular weight excluding hydrogens is 289 g/mol. The van der Waals surface area contributed by atoms with Crippen molar-refractivity contribution in [3.8, 4) is 17.0 Å². The van der Waals surface area contributed by atoms with Gasteiger partial charge < -0.3 is 15.6 Å². The summed E-state index contributed by atoms with van der Waals surface area (Å²) in [4.78, 5) is 14.6. The van der Waals surface area contributed by atoms with Gasteiger partial charge in [-0.25, -0.2) is 4.79 Å². The van der Waals surface area contributed by atoms with Crippen LogP contribution in [-0.2, 0) is 0 Å². The Balaban J connectivity index is 2.50. The molecule has 0 fully saturated rings. The van der Waals surface area contributed by atoms with Gasteiger partial charge in [-0.2, -0.15) is 0 Å². The Labute approximate surface area is 116 Å². The molecular formula is C13H9F3N2O3. The SMILES string of the molecule is Nc1cc(C(=O)O)cnc1-c1ccccc1OC(F)(F)F. The highest BCUT2D eigenvalue weighted by Crippen LogP contribution is 2.35. The molecule has 0 radical (unpaired) electrons. The van der Waals surface area contributed by atoms with E-state index in [1.807, 2.05) is 0 Å². The molecule has 0 saturated carbocycles. The summed E-state index contributed by atoms with van der Waals surface area (Å²) in [6.07, 6.45) is -3.84. The Morgan fingerprint density at radius 1 is 1.29 bits per heavy atom. The van der Waals surface area contributed by atoms with Crippen LogP contribution in [0.4, 0.5) is 18.9 Å². The first-order chi connectivity index (χ1) is 9.78. The minimum atomic E-state index is -4.86. The van der Waals surface area contributed by atoms with Crippen LogP contribution in [0.25, 0.3) is 11.3 Å². The zero-order valence-corrected chi connectivity index (χ0v) is 10.4. The number of alkyl halides is 3. The van der Waals surface area contributed by atoms with Gasteiger partial charge in [-0.15, -0.1) is 13.2 Å². The molecule has 0 bridgehead atoms. The second-order valence-corrected chi connectivity index (χ2v) is 4.01. The first-order valence-electron chi connectivity index (χ1n) is 5.62. The van der Waals surface area contributed by atoms with Crippen molar-refractivity contribution in [1.29, 1.82) is 0 Å². The van der Waals surface area contributed by atoms with E-state index in [-0.39, 0.29) is 22.5 Å². The Morgan fingerprint density at radius 3 is 2.52 bits per heavy atom. The van der Waals surface area contributed by atoms with E-state index < -0.39 is 18.1 Å². The molecule has 0 spiro atoms. The third-order valence-electron chi connectivity index (χ3n) is 2.53. The molecule has 3 N–H and O–H groups in total. The first-order valence-corrected chi connectivity index (χ1v) is 5.62. The predicted molar refractivity (Wildman–Crippen MR) is 67.7 cm³/mol. The van der Waals surface area contributed by atoms with Gasteiger partial charge in [-0.1, -0.05) is 12.1 Å². The number of benzene rings is 1. The molecule has 0 aliphatic heterocycles. The molecule has 1 aromatic carbocycles. The molecule has 110 valence electrons. The predicted octanol–water partition coefficient (Wildman–Crippen LogP) is 2.93. The number of aromatic nitrogens is 1. The number of nitrogen functional groups attached to an aromatic ring is 1. The number of pyridine rings is 1. The Hall–Kier alpha value is -2.77. The van der Waals surface area contributed by atoms with Crippen molar-refractivity contribution in [3.63, 3.8) is 0 Å². The zero-order valence-electron chi connectivity index (χ0n) is 10.4. The van der Waals surface area contributed by atoms with Crippen LogP contribution in [0.15, 0.2) is 36.5 Å². The highest BCUT2D eigenvalue weighted by Gasteiger charge is 2.32. The van der Waals surface area contributed by atoms with Gasteiger partial charge in [0, 0.05) is 11.8 Å². The second-order valence-electron chi connectivity index (χ2n) is 4.01. The fraction of sp³-hybridized carbons (Fsp3) is 0.0769. The highest BCUT2D eigenvalue weighted by molar-refractivity contribution is 5.90. The molecule has 0 aliphatic rings. The summed E-state index contributed by atoms with van der Waals surface area (Å²) in [5, 5.41) is 8.81. The van der Waals surface area contributed by atoms with Gasteiger partial charge in [0.1, 0.15) is 5.75 Å². The molecule has 0 amide bonds. The van der Waals surface area contributed by atoms with Crippen molar-refractivity contribution in [3.05, 3.63) is 42.1 Å². The van der Waals surface area contributed by atoms with Crippen LogP contribution in [0.1, 0.15) is 10.4 Å². The van der Waals surface area contributed by atoms with E-state index in [0.717, 1.165) is 18.3 Å². The minimum Gasteiger partial charge on any atom is -0.478 e. The maximum atomic E-state index is 12.4. The minimum absolute atomic E-state index is 0.0138. The molecule has 0 aliphatic carbocycles. The average molecular weight is 298 g/mol. The molecule has 5 nitrogen and oxygen atoms in total. The summed E-state index contributed by atoms with van der Waals surface area (Å²) in [6.45, 7) is 0. The van der Waals surface area contributed by atoms with Crippen LogP contribution in [0.3, 0.4) is 0 Å². The average Bonchev–Trinajstić information content (AvgIpc) is 2.37. The number of hydrogen-bond acceptors (Lipinski definition) is 4. The van der Waals surface area contributed by atoms with Crippen LogP contribution < -0.4 is 10.5 Å². The van der Waals surface area contributed by atoms with E-state index in [0.29, 0.717) is 0 Å².